The van der Waals surface area contributed by atoms with Crippen LogP contribution in [-0.2, 0) is 12.8 Å². The standard InChI is InChI=1S/C14H22O.C6H12S/c1-3-5-8-12-10-7-11-13(14(12)15)9-6-4-2;1-5-3-4-6(2)7-5/h7,10-11,15H,3-6,8-9H2,1-2H3;5-6H,3-4H2,1-2H3. The Bertz CT molecular complexity index is 382. The summed E-state index contributed by atoms with van der Waals surface area (Å²) in [5.41, 5.74) is 2.23. The van der Waals surface area contributed by atoms with Gasteiger partial charge in [0.1, 0.15) is 5.75 Å². The maximum Gasteiger partial charge on any atom is 0.121 e. The van der Waals surface area contributed by atoms with E-state index in [9.17, 15) is 5.11 Å². The van der Waals surface area contributed by atoms with E-state index in [4.69, 9.17) is 0 Å². The second-order valence-corrected chi connectivity index (χ2v) is 8.35. The first-order valence-electron chi connectivity index (χ1n) is 9.03. The van der Waals surface area contributed by atoms with Gasteiger partial charge in [0.2, 0.25) is 0 Å². The molecule has 0 aromatic heterocycles. The lowest BCUT2D eigenvalue weighted by atomic mass is 10.0. The van der Waals surface area contributed by atoms with Crippen LogP contribution in [0.4, 0.5) is 0 Å². The topological polar surface area (TPSA) is 20.2 Å². The molecule has 0 aliphatic carbocycles. The summed E-state index contributed by atoms with van der Waals surface area (Å²) in [6, 6.07) is 6.15. The van der Waals surface area contributed by atoms with E-state index >= 15 is 0 Å². The molecule has 0 amide bonds. The Morgan fingerprint density at radius 2 is 1.41 bits per heavy atom. The molecule has 126 valence electrons. The number of para-hydroxylation sites is 1. The van der Waals surface area contributed by atoms with Crippen molar-refractivity contribution in [2.75, 3.05) is 0 Å². The van der Waals surface area contributed by atoms with E-state index in [0.717, 1.165) is 47.3 Å². The minimum atomic E-state index is 0.541. The number of hydrogen-bond donors (Lipinski definition) is 1. The summed E-state index contributed by atoms with van der Waals surface area (Å²) >= 11 is 2.12. The summed E-state index contributed by atoms with van der Waals surface area (Å²) in [6.07, 6.45) is 9.55. The smallest absolute Gasteiger partial charge is 0.121 e. The first-order chi connectivity index (χ1) is 10.6. The zero-order valence-electron chi connectivity index (χ0n) is 14.9. The highest BCUT2D eigenvalue weighted by atomic mass is 32.2. The normalized spacial score (nSPS) is 20.5. The van der Waals surface area contributed by atoms with Crippen molar-refractivity contribution >= 4 is 11.8 Å². The quantitative estimate of drug-likeness (QED) is 0.657. The minimum Gasteiger partial charge on any atom is -0.507 e. The largest absolute Gasteiger partial charge is 0.507 e. The number of aryl methyl sites for hydroxylation is 2. The van der Waals surface area contributed by atoms with Gasteiger partial charge in [-0.15, -0.1) is 0 Å². The molecule has 1 aliphatic heterocycles. The molecule has 2 rings (SSSR count). The van der Waals surface area contributed by atoms with Gasteiger partial charge in [-0.3, -0.25) is 0 Å². The summed E-state index contributed by atoms with van der Waals surface area (Å²) in [4.78, 5) is 0. The van der Waals surface area contributed by atoms with Gasteiger partial charge in [0.05, 0.1) is 0 Å². The molecule has 0 saturated carbocycles. The fourth-order valence-corrected chi connectivity index (χ4v) is 4.12. The van der Waals surface area contributed by atoms with Crippen LogP contribution in [0.25, 0.3) is 0 Å². The third-order valence-corrected chi connectivity index (χ3v) is 5.65. The van der Waals surface area contributed by atoms with Gasteiger partial charge in [-0.2, -0.15) is 11.8 Å². The Morgan fingerprint density at radius 1 is 0.955 bits per heavy atom. The number of hydrogen-bond acceptors (Lipinski definition) is 2. The minimum absolute atomic E-state index is 0.541. The van der Waals surface area contributed by atoms with E-state index in [1.165, 1.54) is 25.7 Å². The van der Waals surface area contributed by atoms with Crippen LogP contribution in [0.5, 0.6) is 5.75 Å². The molecule has 1 aromatic rings. The van der Waals surface area contributed by atoms with Crippen molar-refractivity contribution in [1.82, 2.24) is 0 Å². The molecule has 1 N–H and O–H groups in total. The molecule has 1 saturated heterocycles. The summed E-state index contributed by atoms with van der Waals surface area (Å²) in [5, 5.41) is 11.9. The van der Waals surface area contributed by atoms with Crippen molar-refractivity contribution < 1.29 is 5.11 Å². The maximum atomic E-state index is 10.0. The van der Waals surface area contributed by atoms with E-state index in [1.54, 1.807) is 0 Å². The van der Waals surface area contributed by atoms with Gasteiger partial charge < -0.3 is 5.11 Å². The van der Waals surface area contributed by atoms with E-state index in [1.807, 2.05) is 12.1 Å². The van der Waals surface area contributed by atoms with Crippen molar-refractivity contribution in [2.45, 2.75) is 89.6 Å². The number of phenolic OH excluding ortho intramolecular Hbond substituents is 1. The van der Waals surface area contributed by atoms with E-state index < -0.39 is 0 Å². The second kappa shape index (κ2) is 11.0. The first-order valence-corrected chi connectivity index (χ1v) is 9.97. The predicted octanol–water partition coefficient (Wildman–Crippen LogP) is 6.37. The Kier molecular flexibility index (Phi) is 9.70. The van der Waals surface area contributed by atoms with Crippen LogP contribution in [0, 0.1) is 0 Å². The van der Waals surface area contributed by atoms with E-state index in [0.29, 0.717) is 5.75 Å². The fraction of sp³-hybridized carbons (Fsp3) is 0.700. The number of rotatable bonds is 6. The second-order valence-electron chi connectivity index (χ2n) is 6.47. The van der Waals surface area contributed by atoms with Gasteiger partial charge in [-0.05, 0) is 49.7 Å². The van der Waals surface area contributed by atoms with Gasteiger partial charge in [-0.1, -0.05) is 58.7 Å². The third kappa shape index (κ3) is 7.09. The van der Waals surface area contributed by atoms with Crippen molar-refractivity contribution in [1.29, 1.82) is 0 Å². The Morgan fingerprint density at radius 3 is 1.73 bits per heavy atom. The van der Waals surface area contributed by atoms with Crippen LogP contribution in [0.3, 0.4) is 0 Å². The zero-order chi connectivity index (χ0) is 16.4. The molecule has 1 aromatic carbocycles. The first kappa shape index (κ1) is 19.4. The molecule has 1 fully saturated rings. The lowest BCUT2D eigenvalue weighted by molar-refractivity contribution is 0.458. The highest BCUT2D eigenvalue weighted by Crippen LogP contribution is 2.32. The van der Waals surface area contributed by atoms with Crippen LogP contribution in [0.15, 0.2) is 18.2 Å². The van der Waals surface area contributed by atoms with E-state index in [2.05, 4.69) is 45.5 Å². The molecule has 2 atom stereocenters. The van der Waals surface area contributed by atoms with Crippen LogP contribution in [0.1, 0.15) is 77.3 Å². The molecule has 1 heterocycles. The number of benzene rings is 1. The van der Waals surface area contributed by atoms with Gasteiger partial charge in [0.25, 0.3) is 0 Å². The number of thioether (sulfide) groups is 1. The molecule has 2 heteroatoms. The van der Waals surface area contributed by atoms with Crippen LogP contribution >= 0.6 is 11.8 Å². The summed E-state index contributed by atoms with van der Waals surface area (Å²) in [5.74, 6) is 0.541. The third-order valence-electron chi connectivity index (χ3n) is 4.25. The molecule has 2 unspecified atom stereocenters. The van der Waals surface area contributed by atoms with Gasteiger partial charge in [-0.25, -0.2) is 0 Å². The Hall–Kier alpha value is -0.630. The van der Waals surface area contributed by atoms with Crippen LogP contribution < -0.4 is 0 Å². The Balaban J connectivity index is 0.000000287. The van der Waals surface area contributed by atoms with Crippen molar-refractivity contribution in [3.05, 3.63) is 29.3 Å². The maximum absolute atomic E-state index is 10.0. The van der Waals surface area contributed by atoms with Crippen molar-refractivity contribution in [2.24, 2.45) is 0 Å². The highest BCUT2D eigenvalue weighted by molar-refractivity contribution is 8.00. The number of aromatic hydroxyl groups is 1. The van der Waals surface area contributed by atoms with Gasteiger partial charge in [0, 0.05) is 10.5 Å². The van der Waals surface area contributed by atoms with Crippen LogP contribution in [-0.4, -0.2) is 15.6 Å². The molecule has 1 nitrogen and oxygen atoms in total. The number of unbranched alkanes of at least 4 members (excludes halogenated alkanes) is 2. The Labute approximate surface area is 141 Å². The zero-order valence-corrected chi connectivity index (χ0v) is 15.7. The molecule has 0 spiro atoms. The summed E-state index contributed by atoms with van der Waals surface area (Å²) in [6.45, 7) is 8.98. The highest BCUT2D eigenvalue weighted by Gasteiger charge is 2.16. The molecule has 0 radical (unpaired) electrons. The predicted molar refractivity (Wildman–Crippen MR) is 101 cm³/mol. The molecular formula is C20H34OS. The number of phenols is 1. The monoisotopic (exact) mass is 322 g/mol. The summed E-state index contributed by atoms with van der Waals surface area (Å²) < 4.78 is 0. The van der Waals surface area contributed by atoms with Gasteiger partial charge >= 0.3 is 0 Å². The molecule has 1 aliphatic rings. The average molecular weight is 323 g/mol. The van der Waals surface area contributed by atoms with Crippen LogP contribution in [0.2, 0.25) is 0 Å². The van der Waals surface area contributed by atoms with Crippen molar-refractivity contribution in [3.8, 4) is 5.75 Å². The molecule has 0 bridgehead atoms. The van der Waals surface area contributed by atoms with Crippen molar-refractivity contribution in [3.63, 3.8) is 0 Å². The van der Waals surface area contributed by atoms with Gasteiger partial charge in [0.15, 0.2) is 0 Å². The lowest BCUT2D eigenvalue weighted by Gasteiger charge is -2.08. The van der Waals surface area contributed by atoms with E-state index in [-0.39, 0.29) is 0 Å². The lowest BCUT2D eigenvalue weighted by Crippen LogP contribution is -1.91. The molecule has 22 heavy (non-hydrogen) atoms. The fourth-order valence-electron chi connectivity index (χ4n) is 2.78. The summed E-state index contributed by atoms with van der Waals surface area (Å²) in [7, 11) is 0. The average Bonchev–Trinajstić information content (AvgIpc) is 2.89. The SMILES string of the molecule is CC1CCC(C)S1.CCCCc1cccc(CCCC)c1O. The molecular weight excluding hydrogens is 288 g/mol.